The van der Waals surface area contributed by atoms with E-state index in [1.54, 1.807) is 12.1 Å². The first-order valence-corrected chi connectivity index (χ1v) is 8.48. The second-order valence-electron chi connectivity index (χ2n) is 6.38. The first kappa shape index (κ1) is 16.9. The van der Waals surface area contributed by atoms with Gasteiger partial charge in [0.1, 0.15) is 18.7 Å². The number of benzene rings is 2. The number of amides is 1. The van der Waals surface area contributed by atoms with E-state index in [4.69, 9.17) is 15.0 Å². The summed E-state index contributed by atoms with van der Waals surface area (Å²) >= 11 is 0. The Morgan fingerprint density at radius 2 is 2.04 bits per heavy atom. The molecule has 0 radical (unpaired) electrons. The van der Waals surface area contributed by atoms with Crippen LogP contribution in [0.15, 0.2) is 46.6 Å². The van der Waals surface area contributed by atoms with Crippen LogP contribution in [0.2, 0.25) is 0 Å². The Balaban J connectivity index is 1.69. The van der Waals surface area contributed by atoms with Crippen LogP contribution in [0.25, 0.3) is 0 Å². The lowest BCUT2D eigenvalue weighted by molar-refractivity contribution is -0.194. The molecule has 0 fully saturated rings. The molecule has 0 atom stereocenters. The Kier molecular flexibility index (Phi) is 4.40. The van der Waals surface area contributed by atoms with Crippen LogP contribution < -0.4 is 10.2 Å². The molecule has 0 unspecified atom stereocenters. The van der Waals surface area contributed by atoms with E-state index in [0.717, 1.165) is 39.4 Å². The lowest BCUT2D eigenvalue weighted by atomic mass is 9.93. The van der Waals surface area contributed by atoms with Crippen molar-refractivity contribution in [3.05, 3.63) is 58.7 Å². The van der Waals surface area contributed by atoms with Gasteiger partial charge < -0.3 is 10.2 Å². The minimum atomic E-state index is -0.335. The molecule has 4 rings (SSSR count). The normalized spacial score (nSPS) is 14.7. The number of fused-ring (bicyclic) bond motifs is 2. The van der Waals surface area contributed by atoms with Crippen molar-refractivity contribution < 1.29 is 14.6 Å². The molecule has 0 saturated heterocycles. The van der Waals surface area contributed by atoms with E-state index in [0.29, 0.717) is 18.7 Å². The smallest absolute Gasteiger partial charge is 0.238 e. The number of carbonyl (C=O) groups excluding carboxylic acids is 1. The summed E-state index contributed by atoms with van der Waals surface area (Å²) in [5.74, 6) is 0.400. The summed E-state index contributed by atoms with van der Waals surface area (Å²) in [6.07, 6.45) is 0.506. The van der Waals surface area contributed by atoms with Crippen molar-refractivity contribution in [3.8, 4) is 11.8 Å². The fourth-order valence-electron chi connectivity index (χ4n) is 3.08. The topological polar surface area (TPSA) is 96.1 Å². The Bertz CT molecular complexity index is 1020. The molecule has 27 heavy (non-hydrogen) atoms. The molecule has 0 aliphatic carbocycles. The number of carbonyl (C=O) groups is 1. The number of hydrogen-bond donors (Lipinski definition) is 1. The van der Waals surface area contributed by atoms with Crippen molar-refractivity contribution in [2.75, 3.05) is 5.32 Å². The van der Waals surface area contributed by atoms with Gasteiger partial charge in [0.2, 0.25) is 5.91 Å². The molecular formula is C20H16N4O3. The SMILES string of the molecule is CC1=NN=C(c2ccc(NC(=O)CC#N)cc2)c2cc3c(cc2C1)OOC3. The van der Waals surface area contributed by atoms with Crippen molar-refractivity contribution in [2.45, 2.75) is 26.4 Å². The molecule has 0 saturated carbocycles. The summed E-state index contributed by atoms with van der Waals surface area (Å²) in [6.45, 7) is 2.34. The van der Waals surface area contributed by atoms with Gasteiger partial charge in [-0.15, -0.1) is 5.10 Å². The lowest BCUT2D eigenvalue weighted by Gasteiger charge is -2.11. The molecule has 2 aliphatic rings. The van der Waals surface area contributed by atoms with Gasteiger partial charge in [0.05, 0.1) is 6.07 Å². The van der Waals surface area contributed by atoms with Crippen LogP contribution in [0, 0.1) is 11.3 Å². The highest BCUT2D eigenvalue weighted by atomic mass is 17.2. The molecule has 1 amide bonds. The van der Waals surface area contributed by atoms with Gasteiger partial charge in [-0.1, -0.05) is 12.1 Å². The van der Waals surface area contributed by atoms with Gasteiger partial charge in [0.15, 0.2) is 5.75 Å². The van der Waals surface area contributed by atoms with Crippen LogP contribution in [0.5, 0.6) is 5.75 Å². The molecular weight excluding hydrogens is 344 g/mol. The number of rotatable bonds is 3. The predicted octanol–water partition coefficient (Wildman–Crippen LogP) is 3.13. The highest BCUT2D eigenvalue weighted by Gasteiger charge is 2.22. The Morgan fingerprint density at radius 1 is 1.22 bits per heavy atom. The first-order valence-electron chi connectivity index (χ1n) is 8.48. The summed E-state index contributed by atoms with van der Waals surface area (Å²) in [4.78, 5) is 21.8. The second-order valence-corrected chi connectivity index (χ2v) is 6.38. The van der Waals surface area contributed by atoms with Crippen LogP contribution in [-0.4, -0.2) is 17.3 Å². The number of anilines is 1. The Labute approximate surface area is 155 Å². The van der Waals surface area contributed by atoms with Crippen molar-refractivity contribution in [2.24, 2.45) is 10.2 Å². The van der Waals surface area contributed by atoms with Crippen LogP contribution in [0.1, 0.15) is 35.6 Å². The van der Waals surface area contributed by atoms with Crippen molar-refractivity contribution in [1.82, 2.24) is 0 Å². The average Bonchev–Trinajstić information content (AvgIpc) is 3.04. The third-order valence-corrected chi connectivity index (χ3v) is 4.35. The van der Waals surface area contributed by atoms with Crippen LogP contribution in [0.4, 0.5) is 5.69 Å². The number of hydrogen-bond acceptors (Lipinski definition) is 6. The van der Waals surface area contributed by atoms with Crippen LogP contribution in [0.3, 0.4) is 0 Å². The van der Waals surface area contributed by atoms with E-state index in [2.05, 4.69) is 15.5 Å². The number of nitrogens with zero attached hydrogens (tertiary/aromatic N) is 3. The molecule has 2 aromatic carbocycles. The lowest BCUT2D eigenvalue weighted by Crippen LogP contribution is -2.11. The molecule has 2 aliphatic heterocycles. The maximum Gasteiger partial charge on any atom is 0.238 e. The van der Waals surface area contributed by atoms with Gasteiger partial charge >= 0.3 is 0 Å². The summed E-state index contributed by atoms with van der Waals surface area (Å²) in [7, 11) is 0. The summed E-state index contributed by atoms with van der Waals surface area (Å²) < 4.78 is 0. The zero-order valence-electron chi connectivity index (χ0n) is 14.7. The fourth-order valence-corrected chi connectivity index (χ4v) is 3.08. The minimum Gasteiger partial charge on any atom is -0.337 e. The van der Waals surface area contributed by atoms with Gasteiger partial charge in [-0.3, -0.25) is 4.79 Å². The molecule has 0 bridgehead atoms. The predicted molar refractivity (Wildman–Crippen MR) is 99.6 cm³/mol. The van der Waals surface area contributed by atoms with Crippen LogP contribution in [-0.2, 0) is 22.7 Å². The molecule has 7 nitrogen and oxygen atoms in total. The second kappa shape index (κ2) is 7.02. The largest absolute Gasteiger partial charge is 0.337 e. The van der Waals surface area contributed by atoms with Crippen LogP contribution >= 0.6 is 0 Å². The maximum atomic E-state index is 11.6. The van der Waals surface area contributed by atoms with Crippen molar-refractivity contribution >= 4 is 23.0 Å². The molecule has 134 valence electrons. The zero-order valence-corrected chi connectivity index (χ0v) is 14.7. The van der Waals surface area contributed by atoms with E-state index >= 15 is 0 Å². The molecule has 2 heterocycles. The molecule has 2 aromatic rings. The van der Waals surface area contributed by atoms with Crippen molar-refractivity contribution in [3.63, 3.8) is 0 Å². The zero-order chi connectivity index (χ0) is 18.8. The van der Waals surface area contributed by atoms with E-state index in [-0.39, 0.29) is 12.3 Å². The summed E-state index contributed by atoms with van der Waals surface area (Å²) in [5, 5.41) is 20.0. The number of nitrogens with one attached hydrogen (secondary N) is 1. The van der Waals surface area contributed by atoms with E-state index in [1.165, 1.54) is 0 Å². The van der Waals surface area contributed by atoms with Gasteiger partial charge in [-0.05, 0) is 36.8 Å². The van der Waals surface area contributed by atoms with E-state index in [1.807, 2.05) is 37.3 Å². The standard InChI is InChI=1S/C20H16N4O3/c1-12-8-14-10-18-15(11-26-27-18)9-17(14)20(24-23-12)13-2-4-16(5-3-13)22-19(25)6-7-21/h2-5,9-10H,6,8,11H2,1H3,(H,22,25). The highest BCUT2D eigenvalue weighted by Crippen LogP contribution is 2.32. The fraction of sp³-hybridized carbons (Fsp3) is 0.200. The van der Waals surface area contributed by atoms with E-state index < -0.39 is 0 Å². The Morgan fingerprint density at radius 3 is 2.81 bits per heavy atom. The maximum absolute atomic E-state index is 11.6. The molecule has 0 spiro atoms. The van der Waals surface area contributed by atoms with E-state index in [9.17, 15) is 4.79 Å². The Hall–Kier alpha value is -3.50. The third kappa shape index (κ3) is 3.43. The quantitative estimate of drug-likeness (QED) is 0.851. The monoisotopic (exact) mass is 360 g/mol. The number of nitriles is 1. The third-order valence-electron chi connectivity index (χ3n) is 4.35. The molecule has 1 N–H and O–H groups in total. The van der Waals surface area contributed by atoms with Gasteiger partial charge in [0, 0.05) is 34.5 Å². The summed E-state index contributed by atoms with van der Waals surface area (Å²) in [5.41, 5.74) is 6.21. The van der Waals surface area contributed by atoms with Crippen molar-refractivity contribution in [1.29, 1.82) is 5.26 Å². The highest BCUT2D eigenvalue weighted by molar-refractivity contribution is 6.15. The van der Waals surface area contributed by atoms with Gasteiger partial charge in [-0.2, -0.15) is 15.3 Å². The first-order chi connectivity index (χ1) is 13.1. The van der Waals surface area contributed by atoms with Gasteiger partial charge in [0.25, 0.3) is 0 Å². The summed E-state index contributed by atoms with van der Waals surface area (Å²) in [6, 6.07) is 13.2. The molecule has 0 aromatic heterocycles. The average molecular weight is 360 g/mol. The molecule has 7 heteroatoms. The van der Waals surface area contributed by atoms with Gasteiger partial charge in [-0.25, -0.2) is 0 Å². The minimum absolute atomic E-state index is 0.176.